The summed E-state index contributed by atoms with van der Waals surface area (Å²) in [6.07, 6.45) is 4.54. The summed E-state index contributed by atoms with van der Waals surface area (Å²) in [4.78, 5) is 57.5. The van der Waals surface area contributed by atoms with Crippen LogP contribution in [0.3, 0.4) is 0 Å². The summed E-state index contributed by atoms with van der Waals surface area (Å²) in [5, 5.41) is 2.89. The van der Waals surface area contributed by atoms with Crippen molar-refractivity contribution in [3.8, 4) is 0 Å². The van der Waals surface area contributed by atoms with Gasteiger partial charge in [-0.15, -0.1) is 0 Å². The molecular formula is C26H33N7O4. The highest BCUT2D eigenvalue weighted by Crippen LogP contribution is 2.23. The smallest absolute Gasteiger partial charge is 0.332 e. The SMILES string of the molecule is CC(C)=CCn1c(N2CCCC(N)C2)nc2c1c(=O)n(CC(=O)c1cccc(NCC=O)c1)c(=O)n2C. The first-order chi connectivity index (χ1) is 17.7. The van der Waals surface area contributed by atoms with E-state index in [0.29, 0.717) is 30.3 Å². The molecule has 0 bridgehead atoms. The van der Waals surface area contributed by atoms with Gasteiger partial charge in [0.05, 0.1) is 13.1 Å². The number of Topliss-reactive ketones (excluding diaryl/α,β-unsaturated/α-hetero) is 1. The van der Waals surface area contributed by atoms with Crippen LogP contribution in [0.1, 0.15) is 37.0 Å². The highest BCUT2D eigenvalue weighted by Gasteiger charge is 2.26. The highest BCUT2D eigenvalue weighted by molar-refractivity contribution is 5.97. The van der Waals surface area contributed by atoms with E-state index >= 15 is 0 Å². The first-order valence-electron chi connectivity index (χ1n) is 12.4. The van der Waals surface area contributed by atoms with E-state index in [-0.39, 0.29) is 23.8 Å². The molecule has 0 radical (unpaired) electrons. The normalized spacial score (nSPS) is 15.6. The fourth-order valence-corrected chi connectivity index (χ4v) is 4.58. The van der Waals surface area contributed by atoms with Crippen LogP contribution in [0.25, 0.3) is 11.2 Å². The van der Waals surface area contributed by atoms with Crippen LogP contribution in [-0.4, -0.2) is 56.4 Å². The lowest BCUT2D eigenvalue weighted by Gasteiger charge is -2.31. The van der Waals surface area contributed by atoms with Gasteiger partial charge in [0.25, 0.3) is 5.56 Å². The van der Waals surface area contributed by atoms with Gasteiger partial charge in [0, 0.05) is 44.0 Å². The molecule has 11 nitrogen and oxygen atoms in total. The van der Waals surface area contributed by atoms with Crippen LogP contribution >= 0.6 is 0 Å². The maximum Gasteiger partial charge on any atom is 0.332 e. The van der Waals surface area contributed by atoms with E-state index in [2.05, 4.69) is 10.2 Å². The summed E-state index contributed by atoms with van der Waals surface area (Å²) in [5.41, 5.74) is 7.57. The third kappa shape index (κ3) is 5.41. The van der Waals surface area contributed by atoms with Crippen molar-refractivity contribution in [1.29, 1.82) is 0 Å². The van der Waals surface area contributed by atoms with Gasteiger partial charge in [0.1, 0.15) is 6.29 Å². The fourth-order valence-electron chi connectivity index (χ4n) is 4.58. The quantitative estimate of drug-likeness (QED) is 0.251. The molecule has 1 unspecified atom stereocenters. The number of anilines is 2. The zero-order valence-corrected chi connectivity index (χ0v) is 21.4. The van der Waals surface area contributed by atoms with E-state index in [0.717, 1.165) is 35.8 Å². The Labute approximate surface area is 214 Å². The molecule has 3 aromatic rings. The average Bonchev–Trinajstić information content (AvgIpc) is 3.27. The molecule has 0 spiro atoms. The Bertz CT molecular complexity index is 1480. The molecule has 1 atom stereocenters. The third-order valence-electron chi connectivity index (χ3n) is 6.51. The number of rotatable bonds is 9. The van der Waals surface area contributed by atoms with E-state index in [1.165, 1.54) is 4.57 Å². The zero-order valence-electron chi connectivity index (χ0n) is 21.4. The van der Waals surface area contributed by atoms with Gasteiger partial charge in [0.2, 0.25) is 5.95 Å². The fraction of sp³-hybridized carbons (Fsp3) is 0.423. The molecule has 1 fully saturated rings. The van der Waals surface area contributed by atoms with Gasteiger partial charge in [-0.2, -0.15) is 4.98 Å². The van der Waals surface area contributed by atoms with E-state index in [1.807, 2.05) is 24.5 Å². The Kier molecular flexibility index (Phi) is 7.72. The molecule has 1 aromatic carbocycles. The van der Waals surface area contributed by atoms with Crippen molar-refractivity contribution in [3.05, 3.63) is 62.3 Å². The predicted molar refractivity (Wildman–Crippen MR) is 143 cm³/mol. The predicted octanol–water partition coefficient (Wildman–Crippen LogP) is 1.28. The third-order valence-corrected chi connectivity index (χ3v) is 6.51. The molecule has 11 heteroatoms. The topological polar surface area (TPSA) is 137 Å². The molecule has 1 aliphatic heterocycles. The number of piperidine rings is 1. The maximum absolute atomic E-state index is 13.7. The minimum Gasteiger partial charge on any atom is -0.378 e. The summed E-state index contributed by atoms with van der Waals surface area (Å²) in [6.45, 7) is 5.38. The average molecular weight is 508 g/mol. The minimum atomic E-state index is -0.616. The van der Waals surface area contributed by atoms with Crippen molar-refractivity contribution in [2.24, 2.45) is 12.8 Å². The zero-order chi connectivity index (χ0) is 26.7. The largest absolute Gasteiger partial charge is 0.378 e. The van der Waals surface area contributed by atoms with Gasteiger partial charge in [-0.25, -0.2) is 4.79 Å². The Morgan fingerprint density at radius 3 is 2.73 bits per heavy atom. The van der Waals surface area contributed by atoms with Crippen LogP contribution in [0.2, 0.25) is 0 Å². The Morgan fingerprint density at radius 2 is 2.03 bits per heavy atom. The number of imidazole rings is 1. The number of hydrogen-bond donors (Lipinski definition) is 2. The van der Waals surface area contributed by atoms with Gasteiger partial charge in [-0.05, 0) is 38.8 Å². The maximum atomic E-state index is 13.7. The van der Waals surface area contributed by atoms with Gasteiger partial charge in [-0.3, -0.25) is 18.7 Å². The number of aldehydes is 1. The molecule has 4 rings (SSSR count). The Morgan fingerprint density at radius 1 is 1.24 bits per heavy atom. The number of allylic oxidation sites excluding steroid dienone is 2. The van der Waals surface area contributed by atoms with Gasteiger partial charge >= 0.3 is 5.69 Å². The first kappa shape index (κ1) is 26.1. The molecule has 37 heavy (non-hydrogen) atoms. The van der Waals surface area contributed by atoms with Gasteiger partial charge in [-0.1, -0.05) is 23.8 Å². The van der Waals surface area contributed by atoms with Crippen molar-refractivity contribution < 1.29 is 9.59 Å². The molecule has 2 aromatic heterocycles. The summed E-state index contributed by atoms with van der Waals surface area (Å²) < 4.78 is 4.09. The second-order valence-corrected chi connectivity index (χ2v) is 9.61. The van der Waals surface area contributed by atoms with E-state index in [4.69, 9.17) is 10.7 Å². The molecule has 196 valence electrons. The van der Waals surface area contributed by atoms with E-state index < -0.39 is 23.6 Å². The highest BCUT2D eigenvalue weighted by atomic mass is 16.2. The van der Waals surface area contributed by atoms with Crippen LogP contribution in [-0.2, 0) is 24.9 Å². The number of carbonyl (C=O) groups excluding carboxylic acids is 2. The molecule has 1 aliphatic rings. The van der Waals surface area contributed by atoms with Crippen LogP contribution in [0.4, 0.5) is 11.6 Å². The van der Waals surface area contributed by atoms with Crippen LogP contribution in [0.15, 0.2) is 45.5 Å². The molecule has 3 heterocycles. The molecule has 0 aliphatic carbocycles. The standard InChI is InChI=1S/C26H33N7O4/c1-17(2)9-12-32-22-23(29-25(32)31-11-5-7-19(27)15-31)30(3)26(37)33(24(22)36)16-21(35)18-6-4-8-20(14-18)28-10-13-34/h4,6,8-9,13-14,19,28H,5,7,10-12,15-16,27H2,1-3H3. The number of nitrogens with zero attached hydrogens (tertiary/aromatic N) is 5. The summed E-state index contributed by atoms with van der Waals surface area (Å²) in [6, 6.07) is 6.61. The Hall–Kier alpha value is -3.99. The summed E-state index contributed by atoms with van der Waals surface area (Å²) in [5.74, 6) is 0.193. The van der Waals surface area contributed by atoms with Crippen molar-refractivity contribution in [2.75, 3.05) is 29.9 Å². The van der Waals surface area contributed by atoms with Crippen molar-refractivity contribution in [3.63, 3.8) is 0 Å². The first-order valence-corrected chi connectivity index (χ1v) is 12.4. The minimum absolute atomic E-state index is 0.000324. The number of aryl methyl sites for hydroxylation is 1. The number of nitrogens with two attached hydrogens (primary N) is 1. The van der Waals surface area contributed by atoms with Crippen LogP contribution in [0.5, 0.6) is 0 Å². The molecule has 0 amide bonds. The van der Waals surface area contributed by atoms with Crippen molar-refractivity contribution >= 4 is 34.9 Å². The number of hydrogen-bond acceptors (Lipinski definition) is 8. The van der Waals surface area contributed by atoms with Crippen LogP contribution < -0.4 is 27.2 Å². The van der Waals surface area contributed by atoms with Crippen molar-refractivity contribution in [1.82, 2.24) is 18.7 Å². The number of nitrogens with one attached hydrogen (secondary N) is 1. The summed E-state index contributed by atoms with van der Waals surface area (Å²) in [7, 11) is 1.55. The van der Waals surface area contributed by atoms with E-state index in [1.54, 1.807) is 31.3 Å². The number of benzene rings is 1. The second-order valence-electron chi connectivity index (χ2n) is 9.61. The monoisotopic (exact) mass is 507 g/mol. The molecule has 1 saturated heterocycles. The summed E-state index contributed by atoms with van der Waals surface area (Å²) >= 11 is 0. The van der Waals surface area contributed by atoms with Gasteiger partial charge in [0.15, 0.2) is 16.9 Å². The second kappa shape index (κ2) is 11.0. The molecule has 0 saturated carbocycles. The lowest BCUT2D eigenvalue weighted by molar-refractivity contribution is -0.106. The number of ketones is 1. The molecular weight excluding hydrogens is 474 g/mol. The lowest BCUT2D eigenvalue weighted by Crippen LogP contribution is -2.44. The number of fused-ring (bicyclic) bond motifs is 1. The number of carbonyl (C=O) groups is 2. The van der Waals surface area contributed by atoms with Crippen molar-refractivity contribution in [2.45, 2.75) is 45.8 Å². The van der Waals surface area contributed by atoms with Crippen LogP contribution in [0, 0.1) is 0 Å². The molecule has 3 N–H and O–H groups in total. The van der Waals surface area contributed by atoms with Gasteiger partial charge < -0.3 is 25.3 Å². The number of aromatic nitrogens is 4. The lowest BCUT2D eigenvalue weighted by atomic mass is 10.1. The Balaban J connectivity index is 1.81. The van der Waals surface area contributed by atoms with E-state index in [9.17, 15) is 19.2 Å².